The van der Waals surface area contributed by atoms with E-state index in [9.17, 15) is 80.8 Å². The summed E-state index contributed by atoms with van der Waals surface area (Å²) < 4.78 is 56.6. The van der Waals surface area contributed by atoms with Gasteiger partial charge in [0.1, 0.15) is 85.5 Å². The van der Waals surface area contributed by atoms with Gasteiger partial charge in [0.05, 0.1) is 18.3 Å². The molecule has 5 heterocycles. The number of esters is 1. The Morgan fingerprint density at radius 3 is 1.33 bits per heavy atom. The largest absolute Gasteiger partial charge is 0.479 e. The molecule has 5 aliphatic rings. The first-order chi connectivity index (χ1) is 27.0. The van der Waals surface area contributed by atoms with Crippen LogP contribution in [0, 0.1) is 0 Å². The molecule has 0 aromatic carbocycles. The summed E-state index contributed by atoms with van der Waals surface area (Å²) in [5, 5.41) is 136. The number of carbonyl (C=O) groups excluding carboxylic acids is 1. The van der Waals surface area contributed by atoms with E-state index in [2.05, 4.69) is 0 Å². The van der Waals surface area contributed by atoms with Gasteiger partial charge in [-0.1, -0.05) is 0 Å². The van der Waals surface area contributed by atoms with E-state index in [0.717, 1.165) is 6.92 Å². The van der Waals surface area contributed by atoms with Crippen LogP contribution < -0.4 is 0 Å². The van der Waals surface area contributed by atoms with Crippen molar-refractivity contribution in [1.29, 1.82) is 0 Å². The van der Waals surface area contributed by atoms with Crippen molar-refractivity contribution in [2.24, 2.45) is 0 Å². The SMILES string of the molecule is CC(=O)O[C@@H]1C(C)O[C@@H](O[C@@H]2C(O)C(O)OC(C)[C@H]2O)C(O[C@H]2OC(C(=O)O)[C@@H](O)[C@@H](O)C2O)[C@H]1O[C@@H]1OC(C)[C@@H](O)[C@H](O)C1O[C@H]1OC(C(=O)O)[C@@H](O)[C@@H](O)C1O. The summed E-state index contributed by atoms with van der Waals surface area (Å²) in [6, 6.07) is 0. The normalized spacial score (nSPS) is 51.5. The molecule has 25 atom stereocenters. The number of carbonyl (C=O) groups is 3. The first-order valence-electron chi connectivity index (χ1n) is 18.1. The number of ether oxygens (including phenoxy) is 10. The third-order valence-electron chi connectivity index (χ3n) is 10.4. The molecule has 0 saturated carbocycles. The summed E-state index contributed by atoms with van der Waals surface area (Å²) in [5.41, 5.74) is 0. The molecule has 5 aliphatic heterocycles. The predicted octanol–water partition coefficient (Wildman–Crippen LogP) is -8.09. The van der Waals surface area contributed by atoms with E-state index in [-0.39, 0.29) is 0 Å². The Morgan fingerprint density at radius 1 is 0.397 bits per heavy atom. The average Bonchev–Trinajstić information content (AvgIpc) is 3.15. The van der Waals surface area contributed by atoms with Crippen molar-refractivity contribution in [3.05, 3.63) is 0 Å². The number of aliphatic hydroxyl groups is 11. The van der Waals surface area contributed by atoms with Gasteiger partial charge in [-0.25, -0.2) is 9.59 Å². The molecular weight excluding hydrogens is 800 g/mol. The molecule has 0 bridgehead atoms. The van der Waals surface area contributed by atoms with Crippen molar-refractivity contribution in [2.45, 2.75) is 181 Å². The lowest BCUT2D eigenvalue weighted by Crippen LogP contribution is -2.69. The summed E-state index contributed by atoms with van der Waals surface area (Å²) in [4.78, 5) is 36.2. The van der Waals surface area contributed by atoms with Crippen LogP contribution >= 0.6 is 0 Å². The smallest absolute Gasteiger partial charge is 0.335 e. The Balaban J connectivity index is 1.57. The quantitative estimate of drug-likeness (QED) is 0.0859. The maximum atomic E-state index is 12.5. The molecule has 11 unspecified atom stereocenters. The maximum absolute atomic E-state index is 12.5. The van der Waals surface area contributed by atoms with E-state index in [4.69, 9.17) is 47.4 Å². The van der Waals surface area contributed by atoms with Crippen molar-refractivity contribution >= 4 is 17.9 Å². The summed E-state index contributed by atoms with van der Waals surface area (Å²) in [6.07, 6.45) is -48.9. The predicted molar refractivity (Wildman–Crippen MR) is 173 cm³/mol. The number of carboxylic acid groups (broad SMARTS) is 2. The molecule has 0 amide bonds. The van der Waals surface area contributed by atoms with Gasteiger partial charge in [-0.15, -0.1) is 0 Å². The number of aliphatic hydroxyl groups excluding tert-OH is 11. The highest BCUT2D eigenvalue weighted by Gasteiger charge is 2.58. The minimum absolute atomic E-state index is 0.967. The number of hydrogen-bond acceptors (Lipinski definition) is 24. The molecule has 0 aromatic heterocycles. The zero-order valence-corrected chi connectivity index (χ0v) is 31.1. The third kappa shape index (κ3) is 9.40. The zero-order chi connectivity index (χ0) is 43.2. The first kappa shape index (κ1) is 46.7. The fraction of sp³-hybridized carbons (Fsp3) is 0.906. The van der Waals surface area contributed by atoms with Gasteiger partial charge in [-0.3, -0.25) is 4.79 Å². The molecule has 26 nitrogen and oxygen atoms in total. The van der Waals surface area contributed by atoms with Gasteiger partial charge in [0.25, 0.3) is 0 Å². The van der Waals surface area contributed by atoms with Crippen LogP contribution in [0.15, 0.2) is 0 Å². The van der Waals surface area contributed by atoms with Crippen LogP contribution in [0.25, 0.3) is 0 Å². The molecule has 334 valence electrons. The molecular formula is C32H50O26. The highest BCUT2D eigenvalue weighted by Crippen LogP contribution is 2.38. The van der Waals surface area contributed by atoms with Gasteiger partial charge in [0.2, 0.25) is 0 Å². The van der Waals surface area contributed by atoms with Crippen LogP contribution in [0.3, 0.4) is 0 Å². The fourth-order valence-corrected chi connectivity index (χ4v) is 7.11. The standard InChI is InChI=1S/C32H50O26/c1-5-9(34)13(38)23(56-29-16(41)11(36)14(39)21(54-29)26(44)45)31(50-5)57-24-19(52-8(4)33)7(3)51-32(53-20-10(35)6(2)49-28(48)18(20)43)25(24)58-30-17(42)12(37)15(40)22(55-30)27(46)47/h5-7,9-25,28-32,34-43,48H,1-4H3,(H,44,45)(H,46,47)/t5?,6?,7?,9-,10-,11-,12-,13+,14+,15+,16?,17?,18?,19-,20+,21?,22?,23?,24+,25?,28?,29-,30-,31+,32+/m1/s1. The third-order valence-corrected chi connectivity index (χ3v) is 10.4. The summed E-state index contributed by atoms with van der Waals surface area (Å²) in [5.74, 6) is -4.59. The van der Waals surface area contributed by atoms with E-state index in [1.807, 2.05) is 0 Å². The Bertz CT molecular complexity index is 1410. The molecule has 0 radical (unpaired) electrons. The van der Waals surface area contributed by atoms with Gasteiger partial charge in [-0.2, -0.15) is 0 Å². The number of carboxylic acids is 2. The second-order valence-corrected chi connectivity index (χ2v) is 14.6. The van der Waals surface area contributed by atoms with Crippen LogP contribution in [0.1, 0.15) is 27.7 Å². The Kier molecular flexibility index (Phi) is 15.0. The van der Waals surface area contributed by atoms with Crippen LogP contribution in [0.5, 0.6) is 0 Å². The molecule has 0 aromatic rings. The highest BCUT2D eigenvalue weighted by molar-refractivity contribution is 5.73. The van der Waals surface area contributed by atoms with E-state index in [1.54, 1.807) is 0 Å². The van der Waals surface area contributed by atoms with Crippen molar-refractivity contribution in [1.82, 2.24) is 0 Å². The molecule has 58 heavy (non-hydrogen) atoms. The van der Waals surface area contributed by atoms with Crippen molar-refractivity contribution in [3.63, 3.8) is 0 Å². The minimum Gasteiger partial charge on any atom is -0.479 e. The van der Waals surface area contributed by atoms with E-state index in [1.165, 1.54) is 20.8 Å². The van der Waals surface area contributed by atoms with Crippen LogP contribution in [-0.2, 0) is 61.8 Å². The monoisotopic (exact) mass is 850 g/mol. The molecule has 0 spiro atoms. The first-order valence-corrected chi connectivity index (χ1v) is 18.1. The lowest BCUT2D eigenvalue weighted by molar-refractivity contribution is -0.408. The van der Waals surface area contributed by atoms with Crippen LogP contribution in [-0.4, -0.2) is 238 Å². The zero-order valence-electron chi connectivity index (χ0n) is 31.1. The maximum Gasteiger partial charge on any atom is 0.335 e. The van der Waals surface area contributed by atoms with Crippen LogP contribution in [0.2, 0.25) is 0 Å². The average molecular weight is 851 g/mol. The minimum atomic E-state index is -2.24. The molecule has 13 N–H and O–H groups in total. The van der Waals surface area contributed by atoms with Gasteiger partial charge >= 0.3 is 17.9 Å². The molecule has 5 fully saturated rings. The number of rotatable bonds is 11. The van der Waals surface area contributed by atoms with Gasteiger partial charge in [-0.05, 0) is 20.8 Å². The molecule has 26 heteroatoms. The van der Waals surface area contributed by atoms with E-state index >= 15 is 0 Å². The molecule has 5 saturated heterocycles. The molecule has 0 aliphatic carbocycles. The summed E-state index contributed by atoms with van der Waals surface area (Å²) >= 11 is 0. The summed E-state index contributed by atoms with van der Waals surface area (Å²) in [7, 11) is 0. The van der Waals surface area contributed by atoms with Crippen LogP contribution in [0.4, 0.5) is 0 Å². The number of hydrogen-bond donors (Lipinski definition) is 13. The van der Waals surface area contributed by atoms with Crippen molar-refractivity contribution in [3.8, 4) is 0 Å². The van der Waals surface area contributed by atoms with Gasteiger partial charge < -0.3 is 114 Å². The van der Waals surface area contributed by atoms with E-state index in [0.29, 0.717) is 0 Å². The lowest BCUT2D eigenvalue weighted by Gasteiger charge is -2.51. The highest BCUT2D eigenvalue weighted by atomic mass is 16.8. The fourth-order valence-electron chi connectivity index (χ4n) is 7.11. The second-order valence-electron chi connectivity index (χ2n) is 14.6. The second kappa shape index (κ2) is 18.7. The van der Waals surface area contributed by atoms with Gasteiger partial charge in [0, 0.05) is 6.92 Å². The Labute approximate surface area is 327 Å². The lowest BCUT2D eigenvalue weighted by atomic mass is 9.95. The van der Waals surface area contributed by atoms with E-state index < -0.39 is 171 Å². The Morgan fingerprint density at radius 2 is 0.828 bits per heavy atom. The van der Waals surface area contributed by atoms with Gasteiger partial charge in [0.15, 0.2) is 49.8 Å². The van der Waals surface area contributed by atoms with Crippen molar-refractivity contribution in [2.75, 3.05) is 0 Å². The summed E-state index contributed by atoms with van der Waals surface area (Å²) in [6.45, 7) is 4.84. The van der Waals surface area contributed by atoms with Crippen molar-refractivity contribution < 1.29 is 128 Å². The number of aliphatic carboxylic acids is 2. The molecule has 5 rings (SSSR count). The Hall–Kier alpha value is -2.39. The topological polar surface area (TPSA) is 407 Å².